The van der Waals surface area contributed by atoms with E-state index in [0.717, 1.165) is 20.9 Å². The second-order valence-electron chi connectivity index (χ2n) is 5.48. The molecule has 1 N–H and O–H groups in total. The van der Waals surface area contributed by atoms with Gasteiger partial charge in [-0.05, 0) is 24.1 Å². The third-order valence-electron chi connectivity index (χ3n) is 3.61. The number of benzene rings is 2. The zero-order valence-corrected chi connectivity index (χ0v) is 14.8. The number of aromatic nitrogens is 2. The van der Waals surface area contributed by atoms with Crippen molar-refractivity contribution in [3.63, 3.8) is 0 Å². The van der Waals surface area contributed by atoms with Gasteiger partial charge in [0.2, 0.25) is 4.80 Å². The van der Waals surface area contributed by atoms with Crippen molar-refractivity contribution in [2.75, 3.05) is 6.61 Å². The SMILES string of the molecule is Cn1nc(-c2ccc(Cl)cc2)sc1=N[C@H](CO)Cc1ccccc1. The van der Waals surface area contributed by atoms with Crippen molar-refractivity contribution < 1.29 is 5.11 Å². The molecule has 1 heterocycles. The largest absolute Gasteiger partial charge is 0.394 e. The first kappa shape index (κ1) is 16.9. The van der Waals surface area contributed by atoms with E-state index in [9.17, 15) is 5.11 Å². The second-order valence-corrected chi connectivity index (χ2v) is 6.87. The number of hydrogen-bond donors (Lipinski definition) is 1. The van der Waals surface area contributed by atoms with Gasteiger partial charge in [0.05, 0.1) is 12.6 Å². The second kappa shape index (κ2) is 7.75. The Morgan fingerprint density at radius 1 is 1.17 bits per heavy atom. The molecule has 0 aliphatic carbocycles. The topological polar surface area (TPSA) is 50.4 Å². The molecule has 0 unspecified atom stereocenters. The van der Waals surface area contributed by atoms with Gasteiger partial charge in [0, 0.05) is 17.6 Å². The molecule has 1 atom stereocenters. The highest BCUT2D eigenvalue weighted by molar-refractivity contribution is 7.12. The molecule has 0 saturated heterocycles. The fourth-order valence-corrected chi connectivity index (χ4v) is 3.46. The first-order valence-electron chi connectivity index (χ1n) is 7.64. The Labute approximate surface area is 149 Å². The normalized spacial score (nSPS) is 13.2. The van der Waals surface area contributed by atoms with E-state index in [1.54, 1.807) is 4.68 Å². The molecule has 0 spiro atoms. The molecule has 0 bridgehead atoms. The summed E-state index contributed by atoms with van der Waals surface area (Å²) in [5.41, 5.74) is 2.16. The minimum absolute atomic E-state index is 0.00305. The highest BCUT2D eigenvalue weighted by atomic mass is 35.5. The summed E-state index contributed by atoms with van der Waals surface area (Å²) in [6.07, 6.45) is 0.700. The van der Waals surface area contributed by atoms with Crippen molar-refractivity contribution in [1.82, 2.24) is 9.78 Å². The summed E-state index contributed by atoms with van der Waals surface area (Å²) in [7, 11) is 1.87. The minimum atomic E-state index is -0.183. The average molecular weight is 360 g/mol. The van der Waals surface area contributed by atoms with Crippen LogP contribution >= 0.6 is 22.9 Å². The summed E-state index contributed by atoms with van der Waals surface area (Å²) in [5, 5.41) is 15.8. The number of aryl methyl sites for hydroxylation is 1. The maximum absolute atomic E-state index is 9.66. The smallest absolute Gasteiger partial charge is 0.203 e. The lowest BCUT2D eigenvalue weighted by molar-refractivity contribution is 0.263. The highest BCUT2D eigenvalue weighted by Gasteiger charge is 2.10. The maximum atomic E-state index is 9.66. The minimum Gasteiger partial charge on any atom is -0.394 e. The molecule has 124 valence electrons. The summed E-state index contributed by atoms with van der Waals surface area (Å²) in [6, 6.07) is 17.5. The van der Waals surface area contributed by atoms with Crippen molar-refractivity contribution in [3.05, 3.63) is 70.0 Å². The summed E-state index contributed by atoms with van der Waals surface area (Å²) < 4.78 is 1.75. The lowest BCUT2D eigenvalue weighted by Gasteiger charge is -2.08. The van der Waals surface area contributed by atoms with Crippen LogP contribution in [0.5, 0.6) is 0 Å². The summed E-state index contributed by atoms with van der Waals surface area (Å²) in [5.74, 6) is 0. The number of hydrogen-bond acceptors (Lipinski definition) is 4. The Kier molecular flexibility index (Phi) is 5.45. The van der Waals surface area contributed by atoms with Gasteiger partial charge >= 0.3 is 0 Å². The van der Waals surface area contributed by atoms with Gasteiger partial charge in [0.1, 0.15) is 5.01 Å². The Bertz CT molecular complexity index is 856. The lowest BCUT2D eigenvalue weighted by Crippen LogP contribution is -2.21. The van der Waals surface area contributed by atoms with Gasteiger partial charge < -0.3 is 5.11 Å². The van der Waals surface area contributed by atoms with Crippen LogP contribution in [0, 0.1) is 0 Å². The maximum Gasteiger partial charge on any atom is 0.203 e. The van der Waals surface area contributed by atoms with Crippen LogP contribution in [0.1, 0.15) is 5.56 Å². The van der Waals surface area contributed by atoms with Gasteiger partial charge in [0.25, 0.3) is 0 Å². The molecule has 4 nitrogen and oxygen atoms in total. The molecule has 0 aliphatic rings. The number of aliphatic hydroxyl groups is 1. The van der Waals surface area contributed by atoms with E-state index in [0.29, 0.717) is 11.4 Å². The molecular weight excluding hydrogens is 342 g/mol. The van der Waals surface area contributed by atoms with Gasteiger partial charge in [-0.15, -0.1) is 0 Å². The first-order valence-corrected chi connectivity index (χ1v) is 8.84. The standard InChI is InChI=1S/C18H18ClN3OS/c1-22-18(20-16(12-23)11-13-5-3-2-4-6-13)24-17(21-22)14-7-9-15(19)10-8-14/h2-10,16,23H,11-12H2,1H3/t16-/m0/s1. The van der Waals surface area contributed by atoms with Crippen LogP contribution in [-0.2, 0) is 13.5 Å². The van der Waals surface area contributed by atoms with Gasteiger partial charge in [-0.1, -0.05) is 65.4 Å². The molecule has 3 rings (SSSR count). The van der Waals surface area contributed by atoms with E-state index in [1.165, 1.54) is 11.3 Å². The number of aliphatic hydroxyl groups excluding tert-OH is 1. The van der Waals surface area contributed by atoms with E-state index in [2.05, 4.69) is 10.1 Å². The summed E-state index contributed by atoms with van der Waals surface area (Å²) in [6.45, 7) is 0.00305. The Morgan fingerprint density at radius 3 is 2.54 bits per heavy atom. The van der Waals surface area contributed by atoms with Crippen LogP contribution in [0.25, 0.3) is 10.6 Å². The van der Waals surface area contributed by atoms with Crippen LogP contribution in [0.4, 0.5) is 0 Å². The molecule has 3 aromatic rings. The quantitative estimate of drug-likeness (QED) is 0.759. The van der Waals surface area contributed by atoms with Crippen LogP contribution in [0.3, 0.4) is 0 Å². The van der Waals surface area contributed by atoms with Crippen LogP contribution in [0.15, 0.2) is 59.6 Å². The Morgan fingerprint density at radius 2 is 1.88 bits per heavy atom. The van der Waals surface area contributed by atoms with Crippen molar-refractivity contribution >= 4 is 22.9 Å². The van der Waals surface area contributed by atoms with Crippen molar-refractivity contribution in [1.29, 1.82) is 0 Å². The molecule has 0 saturated carbocycles. The van der Waals surface area contributed by atoms with Crippen molar-refractivity contribution in [2.24, 2.45) is 12.0 Å². The van der Waals surface area contributed by atoms with E-state index in [-0.39, 0.29) is 12.6 Å². The molecular formula is C18H18ClN3OS. The number of nitrogens with zero attached hydrogens (tertiary/aromatic N) is 3. The van der Waals surface area contributed by atoms with Gasteiger partial charge in [-0.25, -0.2) is 4.68 Å². The van der Waals surface area contributed by atoms with Gasteiger partial charge in [0.15, 0.2) is 0 Å². The molecule has 0 fully saturated rings. The predicted molar refractivity (Wildman–Crippen MR) is 98.1 cm³/mol. The third-order valence-corrected chi connectivity index (χ3v) is 4.93. The predicted octanol–water partition coefficient (Wildman–Crippen LogP) is 3.31. The Balaban J connectivity index is 1.87. The van der Waals surface area contributed by atoms with Crippen LogP contribution in [-0.4, -0.2) is 27.5 Å². The lowest BCUT2D eigenvalue weighted by atomic mass is 10.1. The van der Waals surface area contributed by atoms with E-state index in [1.807, 2.05) is 61.6 Å². The van der Waals surface area contributed by atoms with Crippen LogP contribution in [0.2, 0.25) is 5.02 Å². The summed E-state index contributed by atoms with van der Waals surface area (Å²) in [4.78, 5) is 5.47. The highest BCUT2D eigenvalue weighted by Crippen LogP contribution is 2.21. The van der Waals surface area contributed by atoms with Crippen molar-refractivity contribution in [3.8, 4) is 10.6 Å². The molecule has 1 aromatic heterocycles. The van der Waals surface area contributed by atoms with E-state index >= 15 is 0 Å². The van der Waals surface area contributed by atoms with E-state index < -0.39 is 0 Å². The fourth-order valence-electron chi connectivity index (χ4n) is 2.36. The van der Waals surface area contributed by atoms with Crippen LogP contribution < -0.4 is 4.80 Å². The molecule has 0 amide bonds. The van der Waals surface area contributed by atoms with E-state index in [4.69, 9.17) is 11.6 Å². The molecule has 24 heavy (non-hydrogen) atoms. The molecule has 0 radical (unpaired) electrons. The first-order chi connectivity index (χ1) is 11.7. The number of halogens is 1. The van der Waals surface area contributed by atoms with Gasteiger partial charge in [-0.2, -0.15) is 5.10 Å². The van der Waals surface area contributed by atoms with Crippen molar-refractivity contribution in [2.45, 2.75) is 12.5 Å². The zero-order chi connectivity index (χ0) is 16.9. The Hall–Kier alpha value is -1.95. The molecule has 6 heteroatoms. The molecule has 0 aliphatic heterocycles. The number of rotatable bonds is 5. The zero-order valence-electron chi connectivity index (χ0n) is 13.3. The third kappa shape index (κ3) is 4.12. The fraction of sp³-hybridized carbons (Fsp3) is 0.222. The van der Waals surface area contributed by atoms with Gasteiger partial charge in [-0.3, -0.25) is 4.99 Å². The average Bonchev–Trinajstić information content (AvgIpc) is 2.96. The molecule has 2 aromatic carbocycles. The summed E-state index contributed by atoms with van der Waals surface area (Å²) >= 11 is 7.44. The monoisotopic (exact) mass is 359 g/mol.